The van der Waals surface area contributed by atoms with Crippen LogP contribution in [0.5, 0.6) is 0 Å². The number of likely N-dealkylation sites (tertiary alicyclic amines) is 1. The number of thioether (sulfide) groups is 1. The zero-order valence-electron chi connectivity index (χ0n) is 27.0. The molecule has 42 heavy (non-hydrogen) atoms. The molecule has 0 bridgehead atoms. The Bertz CT molecular complexity index is 877. The number of ether oxygens (including phenoxy) is 2. The number of nitrogens with zero attached hydrogens (tertiary/aromatic N) is 2. The van der Waals surface area contributed by atoms with Gasteiger partial charge in [-0.1, -0.05) is 41.0 Å². The number of aliphatic imine (C=N–C) groups is 1. The lowest BCUT2D eigenvalue weighted by atomic mass is 9.91. The number of hydrogen-bond donors (Lipinski definition) is 4. The highest BCUT2D eigenvalue weighted by molar-refractivity contribution is 8.00. The van der Waals surface area contributed by atoms with Crippen molar-refractivity contribution in [3.05, 3.63) is 0 Å². The molecule has 0 aromatic carbocycles. The molecule has 12 heteroatoms. The van der Waals surface area contributed by atoms with Crippen molar-refractivity contribution >= 4 is 35.7 Å². The molecule has 4 N–H and O–H groups in total. The first-order valence-corrected chi connectivity index (χ1v) is 16.6. The summed E-state index contributed by atoms with van der Waals surface area (Å²) in [5.74, 6) is 0.812. The lowest BCUT2D eigenvalue weighted by Gasteiger charge is -2.36. The van der Waals surface area contributed by atoms with Crippen LogP contribution in [0, 0.1) is 17.8 Å². The largest absolute Gasteiger partial charge is 0.379 e. The van der Waals surface area contributed by atoms with Gasteiger partial charge in [-0.2, -0.15) is 0 Å². The minimum absolute atomic E-state index is 0.00732. The second-order valence-electron chi connectivity index (χ2n) is 11.8. The second-order valence-corrected chi connectivity index (χ2v) is 13.0. The maximum atomic E-state index is 13.7. The average molecular weight is 613 g/mol. The third kappa shape index (κ3) is 10.5. The zero-order valence-corrected chi connectivity index (χ0v) is 27.8. The zero-order chi connectivity index (χ0) is 31.2. The predicted octanol–water partition coefficient (Wildman–Crippen LogP) is 1.66. The summed E-state index contributed by atoms with van der Waals surface area (Å²) in [5.41, 5.74) is 0. The van der Waals surface area contributed by atoms with Crippen LogP contribution in [0.2, 0.25) is 0 Å². The van der Waals surface area contributed by atoms with E-state index in [-0.39, 0.29) is 65.6 Å². The number of methoxy groups -OCH3 is 2. The summed E-state index contributed by atoms with van der Waals surface area (Å²) in [6.07, 6.45) is 3.94. The van der Waals surface area contributed by atoms with Gasteiger partial charge in [0.1, 0.15) is 5.37 Å². The van der Waals surface area contributed by atoms with Crippen molar-refractivity contribution in [2.75, 3.05) is 53.2 Å². The molecule has 1 saturated heterocycles. The van der Waals surface area contributed by atoms with Gasteiger partial charge >= 0.3 is 0 Å². The quantitative estimate of drug-likeness (QED) is 0.162. The summed E-state index contributed by atoms with van der Waals surface area (Å²) in [7, 11) is 5.06. The van der Waals surface area contributed by atoms with Crippen molar-refractivity contribution in [2.24, 2.45) is 22.7 Å². The third-order valence-corrected chi connectivity index (χ3v) is 9.68. The number of nitrogens with one attached hydrogen (secondary N) is 4. The predicted molar refractivity (Wildman–Crippen MR) is 170 cm³/mol. The van der Waals surface area contributed by atoms with Gasteiger partial charge in [-0.15, -0.1) is 11.8 Å². The average Bonchev–Trinajstić information content (AvgIpc) is 3.68. The summed E-state index contributed by atoms with van der Waals surface area (Å²) < 4.78 is 11.8. The van der Waals surface area contributed by atoms with E-state index in [1.807, 2.05) is 31.9 Å². The van der Waals surface area contributed by atoms with E-state index in [9.17, 15) is 14.4 Å². The van der Waals surface area contributed by atoms with Crippen LogP contribution in [0.25, 0.3) is 0 Å². The van der Waals surface area contributed by atoms with Crippen molar-refractivity contribution in [3.63, 3.8) is 0 Å². The Kier molecular flexibility index (Phi) is 16.3. The molecule has 3 amide bonds. The standard InChI is InChI=1S/C30H56N6O5S/c1-9-20(4)27(33-12-13-34-30(39)26(31-6)19(2)3)23(40-7)17-25(37)36-15-10-11-22(36)28(41-8)21(5)29(38)35-18-24-32-14-16-42-24/h14,19-24,26-28,31,33H,9-13,15-18H2,1-8H3,(H,34,39)(H,35,38). The van der Waals surface area contributed by atoms with Crippen LogP contribution in [0.4, 0.5) is 0 Å². The molecule has 8 unspecified atom stereocenters. The molecule has 2 aliphatic heterocycles. The Hall–Kier alpha value is -1.73. The Labute approximate surface area is 257 Å². The van der Waals surface area contributed by atoms with Gasteiger partial charge in [0.2, 0.25) is 17.7 Å². The maximum Gasteiger partial charge on any atom is 0.237 e. The number of amides is 3. The molecular weight excluding hydrogens is 556 g/mol. The number of carbonyl (C=O) groups is 3. The van der Waals surface area contributed by atoms with Crippen LogP contribution in [0.15, 0.2) is 4.99 Å². The van der Waals surface area contributed by atoms with Crippen LogP contribution in [0.3, 0.4) is 0 Å². The SMILES string of the molecule is CCC(C)C(NCCNC(=O)C(NC)C(C)C)C(CC(=O)N1CCCC1C(OC)C(C)C(=O)NCC1N=CCS1)OC. The summed E-state index contributed by atoms with van der Waals surface area (Å²) in [5, 5.41) is 12.7. The van der Waals surface area contributed by atoms with Crippen LogP contribution in [-0.4, -0.2) is 118 Å². The molecule has 1 fully saturated rings. The van der Waals surface area contributed by atoms with Gasteiger partial charge in [0, 0.05) is 58.4 Å². The van der Waals surface area contributed by atoms with E-state index in [0.717, 1.165) is 25.0 Å². The summed E-state index contributed by atoms with van der Waals surface area (Å²) >= 11 is 1.70. The third-order valence-electron chi connectivity index (χ3n) is 8.66. The van der Waals surface area contributed by atoms with Crippen molar-refractivity contribution in [1.82, 2.24) is 26.2 Å². The van der Waals surface area contributed by atoms with Gasteiger partial charge in [-0.25, -0.2) is 0 Å². The fourth-order valence-corrected chi connectivity index (χ4v) is 6.77. The number of rotatable bonds is 19. The molecule has 242 valence electrons. The molecule has 0 aliphatic carbocycles. The number of carbonyl (C=O) groups excluding carboxylic acids is 3. The molecule has 0 aromatic rings. The van der Waals surface area contributed by atoms with E-state index < -0.39 is 12.0 Å². The van der Waals surface area contributed by atoms with Gasteiger partial charge in [0.15, 0.2) is 0 Å². The Morgan fingerprint density at radius 2 is 1.81 bits per heavy atom. The molecule has 0 saturated carbocycles. The maximum absolute atomic E-state index is 13.7. The van der Waals surface area contributed by atoms with Crippen molar-refractivity contribution in [3.8, 4) is 0 Å². The van der Waals surface area contributed by atoms with E-state index in [1.54, 1.807) is 33.0 Å². The smallest absolute Gasteiger partial charge is 0.237 e. The fraction of sp³-hybridized carbons (Fsp3) is 0.867. The monoisotopic (exact) mass is 612 g/mol. The molecular formula is C30H56N6O5S. The lowest BCUT2D eigenvalue weighted by molar-refractivity contribution is -0.142. The molecule has 0 spiro atoms. The second kappa shape index (κ2) is 18.8. The van der Waals surface area contributed by atoms with Crippen LogP contribution < -0.4 is 21.3 Å². The van der Waals surface area contributed by atoms with E-state index in [2.05, 4.69) is 40.1 Å². The molecule has 0 aromatic heterocycles. The fourth-order valence-electron chi connectivity index (χ4n) is 6.01. The van der Waals surface area contributed by atoms with Gasteiger partial charge in [-0.3, -0.25) is 19.4 Å². The van der Waals surface area contributed by atoms with E-state index in [4.69, 9.17) is 9.47 Å². The van der Waals surface area contributed by atoms with Gasteiger partial charge in [0.05, 0.1) is 36.6 Å². The Morgan fingerprint density at radius 1 is 1.07 bits per heavy atom. The minimum atomic E-state index is -0.412. The van der Waals surface area contributed by atoms with Gasteiger partial charge in [-0.05, 0) is 31.7 Å². The summed E-state index contributed by atoms with van der Waals surface area (Å²) in [6, 6.07) is -0.477. The first-order valence-electron chi connectivity index (χ1n) is 15.5. The van der Waals surface area contributed by atoms with Crippen molar-refractivity contribution < 1.29 is 23.9 Å². The minimum Gasteiger partial charge on any atom is -0.379 e. The lowest BCUT2D eigenvalue weighted by Crippen LogP contribution is -2.53. The molecule has 11 nitrogen and oxygen atoms in total. The molecule has 8 atom stereocenters. The highest BCUT2D eigenvalue weighted by Crippen LogP contribution is 2.28. The van der Waals surface area contributed by atoms with Crippen molar-refractivity contribution in [1.29, 1.82) is 0 Å². The highest BCUT2D eigenvalue weighted by Gasteiger charge is 2.41. The number of hydrogen-bond acceptors (Lipinski definition) is 9. The Morgan fingerprint density at radius 3 is 2.38 bits per heavy atom. The van der Waals surface area contributed by atoms with E-state index in [0.29, 0.717) is 26.2 Å². The van der Waals surface area contributed by atoms with E-state index in [1.165, 1.54) is 0 Å². The first-order chi connectivity index (χ1) is 20.1. The topological polar surface area (TPSA) is 133 Å². The van der Waals surface area contributed by atoms with E-state index >= 15 is 0 Å². The highest BCUT2D eigenvalue weighted by atomic mass is 32.2. The summed E-state index contributed by atoms with van der Waals surface area (Å²) in [6.45, 7) is 12.4. The van der Waals surface area contributed by atoms with Gasteiger partial charge < -0.3 is 35.6 Å². The summed E-state index contributed by atoms with van der Waals surface area (Å²) in [4.78, 5) is 45.5. The first kappa shape index (κ1) is 36.5. The molecule has 0 radical (unpaired) electrons. The number of likely N-dealkylation sites (N-methyl/N-ethyl adjacent to an activating group) is 1. The molecule has 2 heterocycles. The Balaban J connectivity index is 1.99. The van der Waals surface area contributed by atoms with Gasteiger partial charge in [0.25, 0.3) is 0 Å². The molecule has 2 rings (SSSR count). The van der Waals surface area contributed by atoms with Crippen LogP contribution in [-0.2, 0) is 23.9 Å². The van der Waals surface area contributed by atoms with Crippen LogP contribution in [0.1, 0.15) is 60.3 Å². The normalized spacial score (nSPS) is 22.9. The van der Waals surface area contributed by atoms with Crippen LogP contribution >= 0.6 is 11.8 Å². The molecule has 2 aliphatic rings. The van der Waals surface area contributed by atoms with Crippen molar-refractivity contribution in [2.45, 2.75) is 96.0 Å².